The first-order valence-corrected chi connectivity index (χ1v) is 17.5. The van der Waals surface area contributed by atoms with Crippen LogP contribution in [0.2, 0.25) is 5.02 Å². The van der Waals surface area contributed by atoms with Gasteiger partial charge in [0.25, 0.3) is 5.91 Å². The standard InChI is InChI=1S/C29H26ClF4IN2O4S/c30-21-5-1-18(25(14-21)29(32,33)34)12-22-13-20-11-19(4-10-27(20)37(22)35-16-31)28(39)36-26(15-38)17-2-6-23(7-3-17)42(40,41)24-8-9-24/h1-7,10-11,13-14,20,24,26-27,38H,8-9,12,15-16H2/p+1/t20?,26-,27?/m0/s1. The fraction of sp³-hybridized carbons (Fsp3) is 0.345. The number of hydrogen-bond donors (Lipinski definition) is 2. The molecule has 0 bridgehead atoms. The molecule has 6 nitrogen and oxygen atoms in total. The van der Waals surface area contributed by atoms with Gasteiger partial charge in [0, 0.05) is 22.9 Å². The van der Waals surface area contributed by atoms with Gasteiger partial charge in [0.1, 0.15) is 6.04 Å². The fourth-order valence-electron chi connectivity index (χ4n) is 5.14. The van der Waals surface area contributed by atoms with Crippen molar-refractivity contribution in [1.82, 2.24) is 8.43 Å². The zero-order valence-corrected chi connectivity index (χ0v) is 25.7. The van der Waals surface area contributed by atoms with Crippen molar-refractivity contribution in [3.63, 3.8) is 0 Å². The lowest BCUT2D eigenvalue weighted by Crippen LogP contribution is -3.67. The van der Waals surface area contributed by atoms with Gasteiger partial charge in [0.05, 0.1) is 34.1 Å². The Bertz CT molecular complexity index is 1560. The predicted octanol–water partition coefficient (Wildman–Crippen LogP) is 2.30. The van der Waals surface area contributed by atoms with Crippen LogP contribution in [-0.4, -0.2) is 45.1 Å². The monoisotopic (exact) mass is 737 g/mol. The summed E-state index contributed by atoms with van der Waals surface area (Å²) in [6.45, 7) is -0.426. The Balaban J connectivity index is 1.33. The van der Waals surface area contributed by atoms with Gasteiger partial charge in [-0.3, -0.25) is 4.79 Å². The molecule has 1 fully saturated rings. The van der Waals surface area contributed by atoms with Crippen LogP contribution >= 0.6 is 11.6 Å². The van der Waals surface area contributed by atoms with Gasteiger partial charge in [-0.2, -0.15) is 20.7 Å². The largest absolute Gasteiger partial charge is 0.457 e. The number of sulfone groups is 1. The number of hydrogen-bond acceptors (Lipinski definition) is 5. The van der Waals surface area contributed by atoms with Crippen molar-refractivity contribution in [2.24, 2.45) is 5.92 Å². The first-order valence-electron chi connectivity index (χ1n) is 13.1. The summed E-state index contributed by atoms with van der Waals surface area (Å²) in [5.41, 5.74) is 0.561. The molecule has 2 N–H and O–H groups in total. The first kappa shape index (κ1) is 31.0. The molecule has 2 aromatic rings. The molecule has 5 rings (SSSR count). The molecule has 13 heteroatoms. The third-order valence-electron chi connectivity index (χ3n) is 7.41. The molecule has 0 spiro atoms. The van der Waals surface area contributed by atoms with Crippen LogP contribution in [0.5, 0.6) is 0 Å². The van der Waals surface area contributed by atoms with Crippen molar-refractivity contribution in [1.29, 1.82) is 0 Å². The summed E-state index contributed by atoms with van der Waals surface area (Å²) >= 11 is 4.66. The van der Waals surface area contributed by atoms with Crippen LogP contribution in [0.3, 0.4) is 0 Å². The van der Waals surface area contributed by atoms with Gasteiger partial charge in [-0.1, -0.05) is 54.1 Å². The van der Waals surface area contributed by atoms with Gasteiger partial charge < -0.3 is 10.4 Å². The van der Waals surface area contributed by atoms with E-state index >= 15 is 0 Å². The molecule has 0 saturated heterocycles. The average Bonchev–Trinajstić information content (AvgIpc) is 3.77. The molecule has 3 aliphatic rings. The van der Waals surface area contributed by atoms with Crippen LogP contribution in [0.15, 0.2) is 82.9 Å². The maximum atomic E-state index is 13.7. The minimum absolute atomic E-state index is 0.0253. The van der Waals surface area contributed by atoms with E-state index in [4.69, 9.17) is 11.6 Å². The average molecular weight is 738 g/mol. The third kappa shape index (κ3) is 6.56. The number of carbonyl (C=O) groups is 1. The predicted molar refractivity (Wildman–Crippen MR) is 145 cm³/mol. The number of aliphatic hydroxyl groups excluding tert-OH is 1. The van der Waals surface area contributed by atoms with E-state index in [2.05, 4.69) is 5.32 Å². The lowest BCUT2D eigenvalue weighted by Gasteiger charge is -2.23. The van der Waals surface area contributed by atoms with Gasteiger partial charge in [0.2, 0.25) is 0 Å². The molecule has 1 saturated carbocycles. The first-order chi connectivity index (χ1) is 19.9. The fourth-order valence-corrected chi connectivity index (χ4v) is 9.03. The van der Waals surface area contributed by atoms with Gasteiger partial charge in [-0.15, -0.1) is 0 Å². The van der Waals surface area contributed by atoms with E-state index in [9.17, 15) is 35.9 Å². The lowest BCUT2D eigenvalue weighted by molar-refractivity contribution is -0.812. The number of nitrogens with one attached hydrogen (secondary N) is 1. The van der Waals surface area contributed by atoms with E-state index in [1.54, 1.807) is 36.4 Å². The number of rotatable bonds is 10. The summed E-state index contributed by atoms with van der Waals surface area (Å²) in [4.78, 5) is 13.4. The second kappa shape index (κ2) is 12.3. The number of allylic oxidation sites excluding steroid dienone is 1. The Morgan fingerprint density at radius 2 is 1.86 bits per heavy atom. The van der Waals surface area contributed by atoms with Crippen molar-refractivity contribution in [3.8, 4) is 0 Å². The summed E-state index contributed by atoms with van der Waals surface area (Å²) in [5, 5.41) is 12.3. The minimum Gasteiger partial charge on any atom is -0.394 e. The Kier molecular flexibility index (Phi) is 9.08. The number of benzene rings is 2. The quantitative estimate of drug-likeness (QED) is 0.169. The molecule has 224 valence electrons. The van der Waals surface area contributed by atoms with Crippen molar-refractivity contribution >= 4 is 27.3 Å². The third-order valence-corrected chi connectivity index (χ3v) is 12.2. The van der Waals surface area contributed by atoms with E-state index in [0.29, 0.717) is 29.7 Å². The molecule has 1 aliphatic heterocycles. The Hall–Kier alpha value is -2.42. The van der Waals surface area contributed by atoms with E-state index in [0.717, 1.165) is 6.07 Å². The highest BCUT2D eigenvalue weighted by molar-refractivity contribution is 7.92. The number of fused-ring (bicyclic) bond motifs is 1. The smallest absolute Gasteiger partial charge is 0.394 e. The molecule has 2 aromatic carbocycles. The zero-order chi connectivity index (χ0) is 30.2. The Morgan fingerprint density at radius 3 is 2.48 bits per heavy atom. The van der Waals surface area contributed by atoms with Crippen LogP contribution in [0.4, 0.5) is 17.6 Å². The van der Waals surface area contributed by atoms with Crippen molar-refractivity contribution in [3.05, 3.63) is 99.8 Å². The molecule has 42 heavy (non-hydrogen) atoms. The Labute approximate surface area is 256 Å². The van der Waals surface area contributed by atoms with Crippen LogP contribution < -0.4 is 26.8 Å². The highest BCUT2D eigenvalue weighted by Gasteiger charge is 2.43. The topological polar surface area (TPSA) is 86.7 Å². The second-order valence-corrected chi connectivity index (χ2v) is 15.2. The summed E-state index contributed by atoms with van der Waals surface area (Å²) in [5.74, 6) is -0.845. The van der Waals surface area contributed by atoms with Crippen LogP contribution in [0.25, 0.3) is 0 Å². The number of alkyl halides is 5. The highest BCUT2D eigenvalue weighted by Crippen LogP contribution is 2.37. The van der Waals surface area contributed by atoms with Gasteiger partial charge in [-0.05, 0) is 48.2 Å². The van der Waals surface area contributed by atoms with Gasteiger partial charge >= 0.3 is 32.3 Å². The maximum absolute atomic E-state index is 13.7. The minimum atomic E-state index is -4.60. The second-order valence-electron chi connectivity index (χ2n) is 10.2. The van der Waals surface area contributed by atoms with Crippen LogP contribution in [0, 0.1) is 5.92 Å². The van der Waals surface area contributed by atoms with Crippen molar-refractivity contribution in [2.75, 3.05) is 11.3 Å². The van der Waals surface area contributed by atoms with Crippen LogP contribution in [-0.2, 0) is 27.2 Å². The van der Waals surface area contributed by atoms with E-state index in [-0.39, 0.29) is 39.1 Å². The molecule has 3 atom stereocenters. The maximum Gasteiger partial charge on any atom is 0.457 e. The highest BCUT2D eigenvalue weighted by atomic mass is 127. The number of halogens is 6. The number of carbonyl (C=O) groups excluding carboxylic acids is 1. The molecule has 2 unspecified atom stereocenters. The summed E-state index contributed by atoms with van der Waals surface area (Å²) in [6.07, 6.45) is 3.41. The molecule has 1 amide bonds. The van der Waals surface area contributed by atoms with E-state index in [1.165, 1.54) is 24.3 Å². The molecule has 1 heterocycles. The number of aliphatic hydroxyl groups is 1. The summed E-state index contributed by atoms with van der Waals surface area (Å²) < 4.78 is 80.8. The van der Waals surface area contributed by atoms with Crippen molar-refractivity contribution < 1.29 is 57.4 Å². The van der Waals surface area contributed by atoms with E-state index < -0.39 is 66.3 Å². The molecule has 0 aromatic heterocycles. The van der Waals surface area contributed by atoms with Gasteiger partial charge in [0.15, 0.2) is 9.84 Å². The lowest BCUT2D eigenvalue weighted by atomic mass is 9.92. The molecule has 2 aliphatic carbocycles. The normalized spacial score (nSPS) is 21.0. The van der Waals surface area contributed by atoms with Gasteiger partial charge in [-0.25, -0.2) is 8.42 Å². The number of amides is 1. The number of nitrogens with zero attached hydrogens (tertiary/aromatic N) is 1. The summed E-state index contributed by atoms with van der Waals surface area (Å²) in [6, 6.07) is 8.56. The SMILES string of the molecule is O=C(N[C@@H](CO)c1ccc(S(=O)(=O)C2CC2)cc1)C1=CC2C=C(Cc3ccc(Cl)cc3C(F)(F)F)N([I+]CF)C2C=C1. The summed E-state index contributed by atoms with van der Waals surface area (Å²) in [7, 11) is -3.37. The zero-order valence-electron chi connectivity index (χ0n) is 22.0. The molecular weight excluding hydrogens is 711 g/mol. The van der Waals surface area contributed by atoms with Crippen molar-refractivity contribution in [2.45, 2.75) is 47.7 Å². The van der Waals surface area contributed by atoms with Crippen LogP contribution in [0.1, 0.15) is 35.6 Å². The Morgan fingerprint density at radius 1 is 1.14 bits per heavy atom. The molecule has 0 radical (unpaired) electrons. The molecular formula is C29H27ClF4IN2O4S+. The van der Waals surface area contributed by atoms with E-state index in [1.807, 2.05) is 3.11 Å².